The first-order valence-electron chi connectivity index (χ1n) is 8.35. The molecule has 6 heteroatoms. The van der Waals surface area contributed by atoms with Crippen molar-refractivity contribution in [3.63, 3.8) is 0 Å². The SMILES string of the molecule is CC(C)(C)c1ccc(N(C=O)CCOc2ccc(C(=O)NO)cc2)cc1. The second-order valence-electron chi connectivity index (χ2n) is 6.91. The first-order valence-corrected chi connectivity index (χ1v) is 8.35. The van der Waals surface area contributed by atoms with Crippen LogP contribution in [0.3, 0.4) is 0 Å². The Morgan fingerprint density at radius 2 is 1.73 bits per heavy atom. The number of carbonyl (C=O) groups is 2. The average Bonchev–Trinajstić information content (AvgIpc) is 2.64. The lowest BCUT2D eigenvalue weighted by molar-refractivity contribution is -0.107. The van der Waals surface area contributed by atoms with Gasteiger partial charge in [-0.15, -0.1) is 0 Å². The number of hydrogen-bond acceptors (Lipinski definition) is 4. The summed E-state index contributed by atoms with van der Waals surface area (Å²) in [7, 11) is 0. The van der Waals surface area contributed by atoms with Gasteiger partial charge in [0.15, 0.2) is 0 Å². The summed E-state index contributed by atoms with van der Waals surface area (Å²) in [5.41, 5.74) is 3.98. The van der Waals surface area contributed by atoms with E-state index in [1.807, 2.05) is 24.3 Å². The molecule has 2 aromatic carbocycles. The van der Waals surface area contributed by atoms with Crippen molar-refractivity contribution >= 4 is 18.0 Å². The number of anilines is 1. The van der Waals surface area contributed by atoms with Gasteiger partial charge in [-0.2, -0.15) is 0 Å². The summed E-state index contributed by atoms with van der Waals surface area (Å²) in [6, 6.07) is 14.3. The van der Waals surface area contributed by atoms with E-state index < -0.39 is 5.91 Å². The van der Waals surface area contributed by atoms with E-state index in [0.29, 0.717) is 24.5 Å². The van der Waals surface area contributed by atoms with Crippen LogP contribution in [0, 0.1) is 0 Å². The number of rotatable bonds is 7. The van der Waals surface area contributed by atoms with Crippen LogP contribution in [-0.2, 0) is 10.2 Å². The third kappa shape index (κ3) is 5.07. The van der Waals surface area contributed by atoms with E-state index in [2.05, 4.69) is 20.8 Å². The van der Waals surface area contributed by atoms with Gasteiger partial charge in [0.2, 0.25) is 6.41 Å². The van der Waals surface area contributed by atoms with E-state index in [4.69, 9.17) is 9.94 Å². The van der Waals surface area contributed by atoms with Gasteiger partial charge in [0.25, 0.3) is 5.91 Å². The van der Waals surface area contributed by atoms with Crippen LogP contribution in [-0.4, -0.2) is 30.7 Å². The van der Waals surface area contributed by atoms with Gasteiger partial charge in [0.05, 0.1) is 6.54 Å². The number of amides is 2. The van der Waals surface area contributed by atoms with Gasteiger partial charge in [-0.3, -0.25) is 14.8 Å². The van der Waals surface area contributed by atoms with E-state index in [1.165, 1.54) is 5.56 Å². The standard InChI is InChI=1S/C20H24N2O4/c1-20(2,3)16-6-8-17(9-7-16)22(14-23)12-13-26-18-10-4-15(5-11-18)19(24)21-25/h4-11,14,25H,12-13H2,1-3H3,(H,21,24). The van der Waals surface area contributed by atoms with Crippen molar-refractivity contribution in [2.45, 2.75) is 26.2 Å². The third-order valence-corrected chi connectivity index (χ3v) is 4.01. The van der Waals surface area contributed by atoms with Crippen LogP contribution in [0.5, 0.6) is 5.75 Å². The molecule has 138 valence electrons. The zero-order chi connectivity index (χ0) is 19.2. The normalized spacial score (nSPS) is 10.9. The topological polar surface area (TPSA) is 78.9 Å². The zero-order valence-corrected chi connectivity index (χ0v) is 15.2. The van der Waals surface area contributed by atoms with Crippen LogP contribution < -0.4 is 15.1 Å². The molecule has 6 nitrogen and oxygen atoms in total. The van der Waals surface area contributed by atoms with Crippen LogP contribution in [0.15, 0.2) is 48.5 Å². The van der Waals surface area contributed by atoms with Crippen molar-refractivity contribution in [2.24, 2.45) is 0 Å². The van der Waals surface area contributed by atoms with E-state index in [1.54, 1.807) is 34.6 Å². The van der Waals surface area contributed by atoms with Crippen molar-refractivity contribution in [1.29, 1.82) is 0 Å². The molecule has 0 bridgehead atoms. The molecule has 0 heterocycles. The molecule has 0 spiro atoms. The number of ether oxygens (including phenoxy) is 1. The van der Waals surface area contributed by atoms with E-state index in [-0.39, 0.29) is 5.41 Å². The Morgan fingerprint density at radius 3 is 2.23 bits per heavy atom. The fourth-order valence-corrected chi connectivity index (χ4v) is 2.42. The molecule has 0 radical (unpaired) electrons. The summed E-state index contributed by atoms with van der Waals surface area (Å²) < 4.78 is 5.61. The molecule has 2 aromatic rings. The van der Waals surface area contributed by atoms with Gasteiger partial charge in [-0.1, -0.05) is 32.9 Å². The number of carbonyl (C=O) groups excluding carboxylic acids is 2. The Kier molecular flexibility index (Phi) is 6.36. The lowest BCUT2D eigenvalue weighted by Crippen LogP contribution is -2.27. The monoisotopic (exact) mass is 356 g/mol. The van der Waals surface area contributed by atoms with Gasteiger partial charge in [-0.25, -0.2) is 5.48 Å². The Labute approximate surface area is 153 Å². The van der Waals surface area contributed by atoms with Crippen molar-refractivity contribution in [3.05, 3.63) is 59.7 Å². The van der Waals surface area contributed by atoms with Crippen molar-refractivity contribution in [1.82, 2.24) is 5.48 Å². The molecule has 2 N–H and O–H groups in total. The molecular formula is C20H24N2O4. The van der Waals surface area contributed by atoms with E-state index in [9.17, 15) is 9.59 Å². The maximum atomic E-state index is 11.4. The molecule has 0 aliphatic carbocycles. The highest BCUT2D eigenvalue weighted by atomic mass is 16.5. The quantitative estimate of drug-likeness (QED) is 0.454. The van der Waals surface area contributed by atoms with Crippen LogP contribution in [0.25, 0.3) is 0 Å². The molecular weight excluding hydrogens is 332 g/mol. The van der Waals surface area contributed by atoms with Gasteiger partial charge >= 0.3 is 0 Å². The number of nitrogens with zero attached hydrogens (tertiary/aromatic N) is 1. The van der Waals surface area contributed by atoms with Crippen LogP contribution in [0.2, 0.25) is 0 Å². The first kappa shape index (κ1) is 19.5. The van der Waals surface area contributed by atoms with E-state index in [0.717, 1.165) is 12.1 Å². The van der Waals surface area contributed by atoms with Crippen LogP contribution in [0.1, 0.15) is 36.7 Å². The van der Waals surface area contributed by atoms with Gasteiger partial charge in [0, 0.05) is 11.3 Å². The maximum absolute atomic E-state index is 11.4. The molecule has 0 unspecified atom stereocenters. The predicted molar refractivity (Wildman–Crippen MR) is 99.7 cm³/mol. The fourth-order valence-electron chi connectivity index (χ4n) is 2.42. The summed E-state index contributed by atoms with van der Waals surface area (Å²) in [6.45, 7) is 7.14. The van der Waals surface area contributed by atoms with Gasteiger partial charge in [0.1, 0.15) is 12.4 Å². The molecule has 0 aromatic heterocycles. The summed E-state index contributed by atoms with van der Waals surface area (Å²) in [5, 5.41) is 8.59. The maximum Gasteiger partial charge on any atom is 0.274 e. The lowest BCUT2D eigenvalue weighted by atomic mass is 9.87. The number of hydroxylamine groups is 1. The van der Waals surface area contributed by atoms with Crippen molar-refractivity contribution in [2.75, 3.05) is 18.1 Å². The minimum absolute atomic E-state index is 0.0622. The molecule has 26 heavy (non-hydrogen) atoms. The molecule has 0 atom stereocenters. The van der Waals surface area contributed by atoms with E-state index >= 15 is 0 Å². The predicted octanol–water partition coefficient (Wildman–Crippen LogP) is 3.14. The fraction of sp³-hybridized carbons (Fsp3) is 0.300. The van der Waals surface area contributed by atoms with Crippen molar-refractivity contribution < 1.29 is 19.5 Å². The summed E-state index contributed by atoms with van der Waals surface area (Å²) in [6.07, 6.45) is 0.782. The van der Waals surface area contributed by atoms with Gasteiger partial charge < -0.3 is 9.64 Å². The first-order chi connectivity index (χ1) is 12.3. The molecule has 0 aliphatic rings. The highest BCUT2D eigenvalue weighted by Gasteiger charge is 2.14. The molecule has 0 aliphatic heterocycles. The summed E-state index contributed by atoms with van der Waals surface area (Å²) in [5.74, 6) is -0.00389. The smallest absolute Gasteiger partial charge is 0.274 e. The van der Waals surface area contributed by atoms with Crippen LogP contribution in [0.4, 0.5) is 5.69 Å². The highest BCUT2D eigenvalue weighted by molar-refractivity contribution is 5.93. The molecule has 2 amide bonds. The zero-order valence-electron chi connectivity index (χ0n) is 15.2. The van der Waals surface area contributed by atoms with Gasteiger partial charge in [-0.05, 0) is 47.4 Å². The molecule has 2 rings (SSSR count). The molecule has 0 saturated carbocycles. The Hall–Kier alpha value is -2.86. The van der Waals surface area contributed by atoms with Crippen LogP contribution >= 0.6 is 0 Å². The highest BCUT2D eigenvalue weighted by Crippen LogP contribution is 2.24. The Bertz CT molecular complexity index is 734. The number of benzene rings is 2. The number of hydrogen-bond donors (Lipinski definition) is 2. The minimum atomic E-state index is -0.581. The second kappa shape index (κ2) is 8.49. The molecule has 0 fully saturated rings. The Morgan fingerprint density at radius 1 is 1.12 bits per heavy atom. The minimum Gasteiger partial charge on any atom is -0.492 e. The third-order valence-electron chi connectivity index (χ3n) is 4.01. The largest absolute Gasteiger partial charge is 0.492 e. The molecule has 0 saturated heterocycles. The summed E-state index contributed by atoms with van der Waals surface area (Å²) >= 11 is 0. The van der Waals surface area contributed by atoms with Crippen molar-refractivity contribution in [3.8, 4) is 5.75 Å². The Balaban J connectivity index is 1.92. The summed E-state index contributed by atoms with van der Waals surface area (Å²) in [4.78, 5) is 24.2. The average molecular weight is 356 g/mol. The lowest BCUT2D eigenvalue weighted by Gasteiger charge is -2.22. The second-order valence-corrected chi connectivity index (χ2v) is 6.91. The number of nitrogens with one attached hydrogen (secondary N) is 1.